The first-order chi connectivity index (χ1) is 16.2. The smallest absolute Gasteiger partial charge is 0.428 e. The second-order valence-electron chi connectivity index (χ2n) is 12.0. The highest BCUT2D eigenvalue weighted by Gasteiger charge is 2.28. The molecule has 6 nitrogen and oxygen atoms in total. The van der Waals surface area contributed by atoms with Crippen LogP contribution in [0.15, 0.2) is 54.6 Å². The van der Waals surface area contributed by atoms with Gasteiger partial charge in [0.15, 0.2) is 5.75 Å². The molecule has 0 saturated carbocycles. The van der Waals surface area contributed by atoms with Crippen molar-refractivity contribution in [3.8, 4) is 11.4 Å². The van der Waals surface area contributed by atoms with E-state index >= 15 is 0 Å². The van der Waals surface area contributed by atoms with Crippen LogP contribution in [0.5, 0.6) is 5.75 Å². The Morgan fingerprint density at radius 1 is 0.829 bits per heavy atom. The Labute approximate surface area is 207 Å². The van der Waals surface area contributed by atoms with Gasteiger partial charge in [-0.3, -0.25) is 0 Å². The van der Waals surface area contributed by atoms with E-state index < -0.39 is 11.8 Å². The van der Waals surface area contributed by atoms with Gasteiger partial charge in [0.05, 0.1) is 0 Å². The number of carbonyl (C=O) groups excluding carboxylic acids is 1. The van der Waals surface area contributed by atoms with Crippen LogP contribution in [0.4, 0.5) is 4.79 Å². The molecule has 4 aromatic rings. The number of fused-ring (bicyclic) bond motifs is 2. The average Bonchev–Trinajstić information content (AvgIpc) is 3.13. The summed E-state index contributed by atoms with van der Waals surface area (Å²) in [7, 11) is 0. The molecular formula is C29H35N3O3. The van der Waals surface area contributed by atoms with Crippen LogP contribution < -0.4 is 4.74 Å². The first-order valence-corrected chi connectivity index (χ1v) is 12.0. The maximum Gasteiger partial charge on any atom is 0.514 e. The fourth-order valence-corrected chi connectivity index (χ4v) is 4.68. The number of rotatable bonds is 4. The molecule has 3 aromatic carbocycles. The van der Waals surface area contributed by atoms with Crippen LogP contribution in [-0.4, -0.2) is 26.8 Å². The van der Waals surface area contributed by atoms with Crippen molar-refractivity contribution < 1.29 is 14.3 Å². The van der Waals surface area contributed by atoms with Crippen LogP contribution >= 0.6 is 0 Å². The molecule has 0 saturated heterocycles. The number of nitrogens with zero attached hydrogens (tertiary/aromatic N) is 3. The van der Waals surface area contributed by atoms with Crippen LogP contribution in [0.3, 0.4) is 0 Å². The Morgan fingerprint density at radius 3 is 2.09 bits per heavy atom. The van der Waals surface area contributed by atoms with E-state index in [1.165, 1.54) is 10.4 Å². The molecule has 1 heterocycles. The van der Waals surface area contributed by atoms with Gasteiger partial charge in [0.1, 0.15) is 22.3 Å². The Kier molecular flexibility index (Phi) is 6.12. The minimum absolute atomic E-state index is 0.00977. The van der Waals surface area contributed by atoms with Crippen molar-refractivity contribution in [1.82, 2.24) is 15.0 Å². The molecule has 0 N–H and O–H groups in total. The molecule has 35 heavy (non-hydrogen) atoms. The number of ether oxygens (including phenoxy) is 2. The number of hydrogen-bond donors (Lipinski definition) is 0. The lowest BCUT2D eigenvalue weighted by molar-refractivity contribution is 0.0206. The Balaban J connectivity index is 1.78. The molecule has 0 aliphatic carbocycles. The van der Waals surface area contributed by atoms with Gasteiger partial charge in [0, 0.05) is 0 Å². The molecule has 0 fully saturated rings. The quantitative estimate of drug-likeness (QED) is 0.225. The summed E-state index contributed by atoms with van der Waals surface area (Å²) < 4.78 is 11.0. The van der Waals surface area contributed by atoms with E-state index in [9.17, 15) is 4.79 Å². The molecule has 0 atom stereocenters. The van der Waals surface area contributed by atoms with Gasteiger partial charge in [-0.25, -0.2) is 4.79 Å². The molecular weight excluding hydrogens is 438 g/mol. The molecule has 0 aliphatic rings. The molecule has 0 unspecified atom stereocenters. The minimum Gasteiger partial charge on any atom is -0.428 e. The summed E-state index contributed by atoms with van der Waals surface area (Å²) in [5.74, 6) is 0.339. The lowest BCUT2D eigenvalue weighted by Crippen LogP contribution is -2.26. The molecule has 6 heteroatoms. The third-order valence-corrected chi connectivity index (χ3v) is 5.76. The van der Waals surface area contributed by atoms with Crippen molar-refractivity contribution in [1.29, 1.82) is 0 Å². The number of benzene rings is 3. The lowest BCUT2D eigenvalue weighted by atomic mass is 9.72. The zero-order valence-electron chi connectivity index (χ0n) is 22.0. The standard InChI is InChI=1S/C29H35N3O3/c1-27(2,3)18-29(7,8)21-13-14-22-23(17-21)31-32(30-22)24-15-19-11-9-10-12-20(19)16-25(24)34-26(33)35-28(4,5)6/h9-17H,18H2,1-8H3. The van der Waals surface area contributed by atoms with E-state index in [4.69, 9.17) is 19.7 Å². The van der Waals surface area contributed by atoms with Crippen molar-refractivity contribution in [3.63, 3.8) is 0 Å². The number of carbonyl (C=O) groups is 1. The van der Waals surface area contributed by atoms with Gasteiger partial charge in [-0.05, 0) is 78.6 Å². The van der Waals surface area contributed by atoms with E-state index in [1.807, 2.05) is 42.5 Å². The number of aromatic nitrogens is 3. The van der Waals surface area contributed by atoms with Gasteiger partial charge in [-0.15, -0.1) is 15.0 Å². The normalized spacial score (nSPS) is 12.8. The van der Waals surface area contributed by atoms with Crippen molar-refractivity contribution >= 4 is 28.0 Å². The van der Waals surface area contributed by atoms with Crippen LogP contribution in [-0.2, 0) is 10.2 Å². The predicted molar refractivity (Wildman–Crippen MR) is 140 cm³/mol. The highest BCUT2D eigenvalue weighted by Crippen LogP contribution is 2.37. The molecule has 0 spiro atoms. The zero-order chi connectivity index (χ0) is 25.6. The van der Waals surface area contributed by atoms with Gasteiger partial charge >= 0.3 is 6.16 Å². The Bertz CT molecular complexity index is 1390. The molecule has 1 aromatic heterocycles. The molecule has 184 valence electrons. The molecule has 4 rings (SSSR count). The van der Waals surface area contributed by atoms with Crippen molar-refractivity contribution in [3.05, 3.63) is 60.2 Å². The third kappa shape index (κ3) is 5.81. The van der Waals surface area contributed by atoms with Crippen molar-refractivity contribution in [2.24, 2.45) is 5.41 Å². The van der Waals surface area contributed by atoms with Crippen molar-refractivity contribution in [2.75, 3.05) is 0 Å². The molecule has 0 amide bonds. The van der Waals surface area contributed by atoms with E-state index in [0.29, 0.717) is 11.4 Å². The van der Waals surface area contributed by atoms with Crippen LogP contribution in [0, 0.1) is 5.41 Å². The second kappa shape index (κ2) is 8.67. The third-order valence-electron chi connectivity index (χ3n) is 5.76. The van der Waals surface area contributed by atoms with Gasteiger partial charge in [-0.1, -0.05) is 65.0 Å². The first-order valence-electron chi connectivity index (χ1n) is 12.0. The topological polar surface area (TPSA) is 66.2 Å². The lowest BCUT2D eigenvalue weighted by Gasteiger charge is -2.32. The van der Waals surface area contributed by atoms with Crippen LogP contribution in [0.1, 0.15) is 67.4 Å². The maximum atomic E-state index is 12.5. The number of hydrogen-bond acceptors (Lipinski definition) is 5. The van der Waals surface area contributed by atoms with Gasteiger partial charge < -0.3 is 9.47 Å². The largest absolute Gasteiger partial charge is 0.514 e. The van der Waals surface area contributed by atoms with Gasteiger partial charge in [0.25, 0.3) is 0 Å². The summed E-state index contributed by atoms with van der Waals surface area (Å²) >= 11 is 0. The summed E-state index contributed by atoms with van der Waals surface area (Å²) in [4.78, 5) is 14.0. The van der Waals surface area contributed by atoms with Crippen LogP contribution in [0.25, 0.3) is 27.5 Å². The summed E-state index contributed by atoms with van der Waals surface area (Å²) in [6.07, 6.45) is 0.273. The SMILES string of the molecule is CC(C)(C)CC(C)(C)c1ccc2nn(-c3cc4ccccc4cc3OC(=O)OC(C)(C)C)nc2c1. The highest BCUT2D eigenvalue weighted by molar-refractivity contribution is 5.88. The Hall–Kier alpha value is -3.41. The monoisotopic (exact) mass is 473 g/mol. The summed E-state index contributed by atoms with van der Waals surface area (Å²) in [6.45, 7) is 16.7. The zero-order valence-corrected chi connectivity index (χ0v) is 22.0. The maximum absolute atomic E-state index is 12.5. The average molecular weight is 474 g/mol. The fourth-order valence-electron chi connectivity index (χ4n) is 4.68. The van der Waals surface area contributed by atoms with E-state index in [0.717, 1.165) is 28.2 Å². The summed E-state index contributed by atoms with van der Waals surface area (Å²) in [6, 6.07) is 17.9. The molecule has 0 aliphatic heterocycles. The molecule has 0 bridgehead atoms. The van der Waals surface area contributed by atoms with E-state index in [1.54, 1.807) is 20.8 Å². The van der Waals surface area contributed by atoms with Gasteiger partial charge in [0.2, 0.25) is 0 Å². The van der Waals surface area contributed by atoms with Crippen molar-refractivity contribution in [2.45, 2.75) is 72.8 Å². The van der Waals surface area contributed by atoms with E-state index in [2.05, 4.69) is 46.8 Å². The first kappa shape index (κ1) is 24.7. The summed E-state index contributed by atoms with van der Waals surface area (Å²) in [5.41, 5.74) is 2.89. The highest BCUT2D eigenvalue weighted by atomic mass is 16.7. The van der Waals surface area contributed by atoms with Gasteiger partial charge in [-0.2, -0.15) is 0 Å². The second-order valence-corrected chi connectivity index (χ2v) is 12.0. The Morgan fingerprint density at radius 2 is 1.46 bits per heavy atom. The van der Waals surface area contributed by atoms with E-state index in [-0.39, 0.29) is 10.8 Å². The minimum atomic E-state index is -0.767. The summed E-state index contributed by atoms with van der Waals surface area (Å²) in [5, 5.41) is 11.4. The fraction of sp³-hybridized carbons (Fsp3) is 0.414. The predicted octanol–water partition coefficient (Wildman–Crippen LogP) is 7.60. The molecule has 0 radical (unpaired) electrons. The van der Waals surface area contributed by atoms with Crippen LogP contribution in [0.2, 0.25) is 0 Å².